The number of aldehydes is 1. The van der Waals surface area contributed by atoms with Gasteiger partial charge in [0.05, 0.1) is 17.4 Å². The van der Waals surface area contributed by atoms with E-state index in [9.17, 15) is 14.9 Å². The van der Waals surface area contributed by atoms with Gasteiger partial charge in [-0.05, 0) is 12.1 Å². The highest BCUT2D eigenvalue weighted by atomic mass is 16.6. The van der Waals surface area contributed by atoms with Gasteiger partial charge in [-0.1, -0.05) is 0 Å². The number of nitriles is 1. The van der Waals surface area contributed by atoms with E-state index in [4.69, 9.17) is 5.26 Å². The van der Waals surface area contributed by atoms with Crippen molar-refractivity contribution in [1.82, 2.24) is 0 Å². The van der Waals surface area contributed by atoms with Gasteiger partial charge in [-0.15, -0.1) is 0 Å². The Kier molecular flexibility index (Phi) is 4.17. The Hall–Kier alpha value is -2.42. The van der Waals surface area contributed by atoms with E-state index in [0.717, 1.165) is 0 Å². The zero-order chi connectivity index (χ0) is 12.8. The van der Waals surface area contributed by atoms with Gasteiger partial charge in [0, 0.05) is 25.2 Å². The van der Waals surface area contributed by atoms with Crippen LogP contribution < -0.4 is 4.90 Å². The van der Waals surface area contributed by atoms with Crippen LogP contribution in [0.4, 0.5) is 11.4 Å². The van der Waals surface area contributed by atoms with Gasteiger partial charge in [0.2, 0.25) is 0 Å². The number of hydrogen-bond acceptors (Lipinski definition) is 5. The number of benzene rings is 1. The first-order valence-electron chi connectivity index (χ1n) is 4.92. The van der Waals surface area contributed by atoms with Crippen molar-refractivity contribution in [3.8, 4) is 6.07 Å². The van der Waals surface area contributed by atoms with Gasteiger partial charge >= 0.3 is 0 Å². The normalized spacial score (nSPS) is 9.41. The molecule has 0 N–H and O–H groups in total. The van der Waals surface area contributed by atoms with E-state index in [1.54, 1.807) is 11.9 Å². The van der Waals surface area contributed by atoms with E-state index in [2.05, 4.69) is 0 Å². The molecular weight excluding hydrogens is 222 g/mol. The minimum Gasteiger partial charge on any atom is -0.368 e. The number of hydrogen-bond donors (Lipinski definition) is 0. The maximum Gasteiger partial charge on any atom is 0.293 e. The van der Waals surface area contributed by atoms with E-state index in [0.29, 0.717) is 18.5 Å². The van der Waals surface area contributed by atoms with E-state index < -0.39 is 4.92 Å². The SMILES string of the molecule is CN(CCC#N)c1ccc(C=O)cc1[N+](=O)[O-]. The summed E-state index contributed by atoms with van der Waals surface area (Å²) in [7, 11) is 1.67. The first-order valence-corrected chi connectivity index (χ1v) is 4.92. The first kappa shape index (κ1) is 12.6. The van der Waals surface area contributed by atoms with Gasteiger partial charge < -0.3 is 4.90 Å². The van der Waals surface area contributed by atoms with E-state index in [1.165, 1.54) is 18.2 Å². The molecule has 0 heterocycles. The Morgan fingerprint density at radius 2 is 2.29 bits per heavy atom. The van der Waals surface area contributed by atoms with Crippen LogP contribution in [0.25, 0.3) is 0 Å². The second-order valence-electron chi connectivity index (χ2n) is 3.45. The van der Waals surface area contributed by atoms with Crippen LogP contribution in [0.15, 0.2) is 18.2 Å². The van der Waals surface area contributed by atoms with E-state index in [-0.39, 0.29) is 17.7 Å². The molecule has 0 saturated carbocycles. The highest BCUT2D eigenvalue weighted by Crippen LogP contribution is 2.28. The third kappa shape index (κ3) is 3.01. The second-order valence-corrected chi connectivity index (χ2v) is 3.45. The molecule has 0 amide bonds. The quantitative estimate of drug-likeness (QED) is 0.439. The van der Waals surface area contributed by atoms with Crippen molar-refractivity contribution in [3.05, 3.63) is 33.9 Å². The number of carbonyl (C=O) groups is 1. The molecule has 0 unspecified atom stereocenters. The van der Waals surface area contributed by atoms with Crippen molar-refractivity contribution in [3.63, 3.8) is 0 Å². The molecule has 0 fully saturated rings. The fourth-order valence-electron chi connectivity index (χ4n) is 1.42. The van der Waals surface area contributed by atoms with Crippen LogP contribution in [0.1, 0.15) is 16.8 Å². The Bertz CT molecular complexity index is 479. The number of nitro benzene ring substituents is 1. The van der Waals surface area contributed by atoms with Gasteiger partial charge in [-0.2, -0.15) is 5.26 Å². The lowest BCUT2D eigenvalue weighted by atomic mass is 10.1. The summed E-state index contributed by atoms with van der Waals surface area (Å²) in [6, 6.07) is 6.22. The zero-order valence-electron chi connectivity index (χ0n) is 9.29. The van der Waals surface area contributed by atoms with Crippen molar-refractivity contribution >= 4 is 17.7 Å². The van der Waals surface area contributed by atoms with Crippen molar-refractivity contribution in [2.45, 2.75) is 6.42 Å². The number of rotatable bonds is 5. The molecule has 0 aliphatic rings. The minimum atomic E-state index is -0.537. The Labute approximate surface area is 98.2 Å². The van der Waals surface area contributed by atoms with Crippen LogP contribution in [0.3, 0.4) is 0 Å². The molecule has 1 rings (SSSR count). The summed E-state index contributed by atoms with van der Waals surface area (Å²) in [5.74, 6) is 0. The van der Waals surface area contributed by atoms with Crippen molar-refractivity contribution in [2.75, 3.05) is 18.5 Å². The summed E-state index contributed by atoms with van der Waals surface area (Å²) < 4.78 is 0. The summed E-state index contributed by atoms with van der Waals surface area (Å²) >= 11 is 0. The lowest BCUT2D eigenvalue weighted by molar-refractivity contribution is -0.384. The van der Waals surface area contributed by atoms with Crippen LogP contribution in [0, 0.1) is 21.4 Å². The number of nitrogens with zero attached hydrogens (tertiary/aromatic N) is 3. The number of nitro groups is 1. The molecule has 1 aromatic carbocycles. The lowest BCUT2D eigenvalue weighted by Crippen LogP contribution is -2.19. The first-order chi connectivity index (χ1) is 8.10. The van der Waals surface area contributed by atoms with E-state index in [1.807, 2.05) is 6.07 Å². The van der Waals surface area contributed by atoms with Crippen LogP contribution >= 0.6 is 0 Å². The van der Waals surface area contributed by atoms with Crippen molar-refractivity contribution in [2.24, 2.45) is 0 Å². The predicted molar refractivity (Wildman–Crippen MR) is 62.0 cm³/mol. The molecule has 0 spiro atoms. The second kappa shape index (κ2) is 5.61. The molecule has 6 nitrogen and oxygen atoms in total. The molecule has 0 saturated heterocycles. The fraction of sp³-hybridized carbons (Fsp3) is 0.273. The highest BCUT2D eigenvalue weighted by molar-refractivity contribution is 5.79. The third-order valence-electron chi connectivity index (χ3n) is 2.30. The fourth-order valence-corrected chi connectivity index (χ4v) is 1.42. The number of carbonyl (C=O) groups excluding carboxylic acids is 1. The van der Waals surface area contributed by atoms with Crippen LogP contribution in [-0.2, 0) is 0 Å². The average Bonchev–Trinajstić information content (AvgIpc) is 2.35. The Morgan fingerprint density at radius 1 is 1.59 bits per heavy atom. The monoisotopic (exact) mass is 233 g/mol. The smallest absolute Gasteiger partial charge is 0.293 e. The molecule has 0 aromatic heterocycles. The predicted octanol–water partition coefficient (Wildman–Crippen LogP) is 1.76. The van der Waals surface area contributed by atoms with Crippen molar-refractivity contribution in [1.29, 1.82) is 5.26 Å². The Balaban J connectivity index is 3.10. The molecule has 0 aliphatic heterocycles. The van der Waals surface area contributed by atoms with Crippen LogP contribution in [-0.4, -0.2) is 24.8 Å². The molecular formula is C11H11N3O3. The summed E-state index contributed by atoms with van der Waals surface area (Å²) in [4.78, 5) is 22.5. The van der Waals surface area contributed by atoms with Gasteiger partial charge in [-0.3, -0.25) is 14.9 Å². The molecule has 1 aromatic rings. The zero-order valence-corrected chi connectivity index (χ0v) is 9.29. The summed E-state index contributed by atoms with van der Waals surface area (Å²) in [6.45, 7) is 0.401. The summed E-state index contributed by atoms with van der Waals surface area (Å²) in [5, 5.41) is 19.3. The highest BCUT2D eigenvalue weighted by Gasteiger charge is 2.17. The van der Waals surface area contributed by atoms with E-state index >= 15 is 0 Å². The average molecular weight is 233 g/mol. The molecule has 0 atom stereocenters. The third-order valence-corrected chi connectivity index (χ3v) is 2.30. The largest absolute Gasteiger partial charge is 0.368 e. The van der Waals surface area contributed by atoms with Gasteiger partial charge in [0.25, 0.3) is 5.69 Å². The molecule has 17 heavy (non-hydrogen) atoms. The summed E-state index contributed by atoms with van der Waals surface area (Å²) in [6.07, 6.45) is 0.842. The maximum atomic E-state index is 10.9. The molecule has 88 valence electrons. The maximum absolute atomic E-state index is 10.9. The van der Waals surface area contributed by atoms with Gasteiger partial charge in [-0.25, -0.2) is 0 Å². The standard InChI is InChI=1S/C11H11N3O3/c1-13(6-2-5-12)10-4-3-9(8-15)7-11(10)14(16)17/h3-4,7-8H,2,6H2,1H3. The van der Waals surface area contributed by atoms with Crippen molar-refractivity contribution < 1.29 is 9.72 Å². The molecule has 0 aliphatic carbocycles. The summed E-state index contributed by atoms with van der Waals surface area (Å²) in [5.41, 5.74) is 0.528. The number of anilines is 1. The molecule has 0 bridgehead atoms. The van der Waals surface area contributed by atoms with Crippen LogP contribution in [0.5, 0.6) is 0 Å². The molecule has 6 heteroatoms. The topological polar surface area (TPSA) is 87.2 Å². The van der Waals surface area contributed by atoms with Gasteiger partial charge in [0.15, 0.2) is 0 Å². The van der Waals surface area contributed by atoms with Gasteiger partial charge in [0.1, 0.15) is 12.0 Å². The minimum absolute atomic E-state index is 0.130. The van der Waals surface area contributed by atoms with Crippen LogP contribution in [0.2, 0.25) is 0 Å². The Morgan fingerprint density at radius 3 is 2.82 bits per heavy atom. The molecule has 0 radical (unpaired) electrons. The lowest BCUT2D eigenvalue weighted by Gasteiger charge is -2.17.